The van der Waals surface area contributed by atoms with Crippen molar-refractivity contribution >= 4 is 17.6 Å². The molecule has 1 aromatic carbocycles. The summed E-state index contributed by atoms with van der Waals surface area (Å²) in [5.41, 5.74) is 8.45. The van der Waals surface area contributed by atoms with E-state index >= 15 is 0 Å². The molecule has 1 fully saturated rings. The molecule has 25 heavy (non-hydrogen) atoms. The number of esters is 1. The van der Waals surface area contributed by atoms with E-state index in [1.54, 1.807) is 6.07 Å². The van der Waals surface area contributed by atoms with Gasteiger partial charge in [-0.3, -0.25) is 10.2 Å². The molecule has 6 nitrogen and oxygen atoms in total. The first-order valence-corrected chi connectivity index (χ1v) is 8.28. The van der Waals surface area contributed by atoms with Crippen LogP contribution < -0.4 is 5.73 Å². The van der Waals surface area contributed by atoms with Crippen molar-refractivity contribution in [3.63, 3.8) is 0 Å². The number of ether oxygens (including phenoxy) is 2. The van der Waals surface area contributed by atoms with Gasteiger partial charge < -0.3 is 15.2 Å². The summed E-state index contributed by atoms with van der Waals surface area (Å²) >= 11 is 0. The summed E-state index contributed by atoms with van der Waals surface area (Å²) in [6.07, 6.45) is 2.19. The maximum Gasteiger partial charge on any atom is 0.338 e. The third kappa shape index (κ3) is 4.07. The van der Waals surface area contributed by atoms with Gasteiger partial charge in [0, 0.05) is 19.1 Å². The van der Waals surface area contributed by atoms with Gasteiger partial charge in [-0.15, -0.1) is 0 Å². The molecule has 0 aromatic heterocycles. The molecule has 0 atom stereocenters. The Bertz CT molecular complexity index is 706. The first kappa shape index (κ1) is 19.1. The van der Waals surface area contributed by atoms with Gasteiger partial charge in [0.05, 0.1) is 12.7 Å². The molecular formula is C19H26N2O4. The minimum Gasteiger partial charge on any atom is -0.465 e. The highest BCUT2D eigenvalue weighted by Gasteiger charge is 2.43. The van der Waals surface area contributed by atoms with Crippen LogP contribution in [0.4, 0.5) is 0 Å². The normalized spacial score (nSPS) is 22.2. The fraction of sp³-hybridized carbons (Fsp3) is 0.526. The molecule has 136 valence electrons. The van der Waals surface area contributed by atoms with Gasteiger partial charge in [-0.05, 0) is 48.3 Å². The number of aryl methyl sites for hydroxylation is 1. The molecule has 1 aliphatic carbocycles. The van der Waals surface area contributed by atoms with Crippen molar-refractivity contribution in [2.24, 2.45) is 11.1 Å². The topological polar surface area (TPSA) is 102 Å². The number of amidine groups is 1. The van der Waals surface area contributed by atoms with Crippen molar-refractivity contribution in [2.45, 2.75) is 39.0 Å². The molecule has 1 saturated carbocycles. The van der Waals surface area contributed by atoms with E-state index in [2.05, 4.69) is 6.92 Å². The van der Waals surface area contributed by atoms with E-state index in [4.69, 9.17) is 20.6 Å². The van der Waals surface area contributed by atoms with E-state index in [1.165, 1.54) is 14.2 Å². The minimum absolute atomic E-state index is 0.0523. The molecule has 0 spiro atoms. The molecule has 0 amide bonds. The largest absolute Gasteiger partial charge is 0.465 e. The lowest BCUT2D eigenvalue weighted by Gasteiger charge is -2.46. The highest BCUT2D eigenvalue weighted by molar-refractivity contribution is 6.00. The summed E-state index contributed by atoms with van der Waals surface area (Å²) in [5.74, 6) is -0.170. The number of nitrogens with two attached hydrogens (primary N) is 1. The number of rotatable bonds is 7. The number of hydrogen-bond donors (Lipinski definition) is 2. The molecule has 1 aliphatic rings. The predicted octanol–water partition coefficient (Wildman–Crippen LogP) is 2.55. The Kier molecular flexibility index (Phi) is 5.62. The van der Waals surface area contributed by atoms with Gasteiger partial charge in [-0.1, -0.05) is 13.0 Å². The highest BCUT2D eigenvalue weighted by Crippen LogP contribution is 2.53. The van der Waals surface area contributed by atoms with Crippen LogP contribution in [-0.2, 0) is 14.3 Å². The second-order valence-electron chi connectivity index (χ2n) is 7.22. The van der Waals surface area contributed by atoms with E-state index in [-0.39, 0.29) is 29.6 Å². The molecule has 0 bridgehead atoms. The lowest BCUT2D eigenvalue weighted by molar-refractivity contribution is -0.126. The molecule has 1 aromatic rings. The number of hydrogen-bond acceptors (Lipinski definition) is 5. The summed E-state index contributed by atoms with van der Waals surface area (Å²) in [6, 6.07) is 3.56. The first-order chi connectivity index (χ1) is 11.7. The van der Waals surface area contributed by atoms with Gasteiger partial charge in [0.1, 0.15) is 12.4 Å². The van der Waals surface area contributed by atoms with Gasteiger partial charge in [0.15, 0.2) is 5.78 Å². The number of Topliss-reactive ketones (excluding diaryl/α,β-unsaturated/α-hetero) is 1. The number of carbonyl (C=O) groups is 2. The van der Waals surface area contributed by atoms with E-state index in [1.807, 2.05) is 13.0 Å². The van der Waals surface area contributed by atoms with Crippen molar-refractivity contribution < 1.29 is 19.1 Å². The lowest BCUT2D eigenvalue weighted by atomic mass is 9.58. The fourth-order valence-electron chi connectivity index (χ4n) is 3.81. The number of nitrogens with one attached hydrogen (secondary N) is 1. The summed E-state index contributed by atoms with van der Waals surface area (Å²) in [6.45, 7) is 4.09. The maximum absolute atomic E-state index is 11.9. The maximum atomic E-state index is 11.9. The zero-order valence-corrected chi connectivity index (χ0v) is 15.3. The molecule has 0 saturated heterocycles. The Balaban J connectivity index is 2.23. The molecule has 6 heteroatoms. The van der Waals surface area contributed by atoms with Crippen LogP contribution in [0.3, 0.4) is 0 Å². The number of nitrogen functional groups attached to an aromatic ring is 1. The Labute approximate surface area is 148 Å². The number of benzene rings is 1. The van der Waals surface area contributed by atoms with Crippen LogP contribution in [0, 0.1) is 17.7 Å². The van der Waals surface area contributed by atoms with Crippen LogP contribution in [0.25, 0.3) is 0 Å². The zero-order valence-electron chi connectivity index (χ0n) is 15.3. The van der Waals surface area contributed by atoms with Crippen LogP contribution in [-0.4, -0.2) is 38.4 Å². The predicted molar refractivity (Wildman–Crippen MR) is 95.1 cm³/mol. The van der Waals surface area contributed by atoms with Crippen LogP contribution in [0.2, 0.25) is 0 Å². The SMILES string of the molecule is COCC(=O)CC1(C)CC(c2cc(C)c(C(=O)OC)cc2C(=N)N)C1. The van der Waals surface area contributed by atoms with Crippen LogP contribution in [0.15, 0.2) is 12.1 Å². The molecule has 2 rings (SSSR count). The monoisotopic (exact) mass is 346 g/mol. The minimum atomic E-state index is -0.435. The third-order valence-corrected chi connectivity index (χ3v) is 4.94. The summed E-state index contributed by atoms with van der Waals surface area (Å²) in [5, 5.41) is 7.86. The first-order valence-electron chi connectivity index (χ1n) is 8.28. The fourth-order valence-corrected chi connectivity index (χ4v) is 3.81. The van der Waals surface area contributed by atoms with Crippen molar-refractivity contribution in [1.29, 1.82) is 5.41 Å². The van der Waals surface area contributed by atoms with Crippen molar-refractivity contribution in [3.05, 3.63) is 34.4 Å². The number of ketones is 1. The van der Waals surface area contributed by atoms with Crippen LogP contribution in [0.5, 0.6) is 0 Å². The van der Waals surface area contributed by atoms with Gasteiger partial charge in [0.2, 0.25) is 0 Å². The van der Waals surface area contributed by atoms with Crippen molar-refractivity contribution in [3.8, 4) is 0 Å². The Morgan fingerprint density at radius 3 is 2.44 bits per heavy atom. The second-order valence-corrected chi connectivity index (χ2v) is 7.22. The van der Waals surface area contributed by atoms with E-state index < -0.39 is 5.97 Å². The van der Waals surface area contributed by atoms with E-state index in [9.17, 15) is 9.59 Å². The van der Waals surface area contributed by atoms with Gasteiger partial charge in [0.25, 0.3) is 0 Å². The van der Waals surface area contributed by atoms with Gasteiger partial charge in [-0.2, -0.15) is 0 Å². The molecule has 0 aliphatic heterocycles. The number of carbonyl (C=O) groups excluding carboxylic acids is 2. The molecular weight excluding hydrogens is 320 g/mol. The lowest BCUT2D eigenvalue weighted by Crippen LogP contribution is -2.37. The third-order valence-electron chi connectivity index (χ3n) is 4.94. The van der Waals surface area contributed by atoms with Crippen molar-refractivity contribution in [2.75, 3.05) is 20.8 Å². The standard InChI is InChI=1S/C19H26N2O4/c1-11-5-15(16(17(20)21)6-14(11)18(23)25-4)12-7-19(2,8-12)9-13(22)10-24-3/h5-6,12H,7-10H2,1-4H3,(H3,20,21). The Morgan fingerprint density at radius 1 is 1.28 bits per heavy atom. The smallest absolute Gasteiger partial charge is 0.338 e. The average molecular weight is 346 g/mol. The second kappa shape index (κ2) is 7.35. The summed E-state index contributed by atoms with van der Waals surface area (Å²) in [4.78, 5) is 23.7. The molecule has 0 heterocycles. The molecule has 0 radical (unpaired) electrons. The van der Waals surface area contributed by atoms with Gasteiger partial charge in [-0.25, -0.2) is 4.79 Å². The quantitative estimate of drug-likeness (QED) is 0.449. The molecule has 3 N–H and O–H groups in total. The number of methoxy groups -OCH3 is 2. The summed E-state index contributed by atoms with van der Waals surface area (Å²) < 4.78 is 9.70. The zero-order chi connectivity index (χ0) is 18.8. The van der Waals surface area contributed by atoms with E-state index in [0.29, 0.717) is 17.5 Å². The Morgan fingerprint density at radius 2 is 1.92 bits per heavy atom. The van der Waals surface area contributed by atoms with E-state index in [0.717, 1.165) is 24.0 Å². The highest BCUT2D eigenvalue weighted by atomic mass is 16.5. The summed E-state index contributed by atoms with van der Waals surface area (Å²) in [7, 11) is 2.85. The average Bonchev–Trinajstić information content (AvgIpc) is 2.51. The van der Waals surface area contributed by atoms with Gasteiger partial charge >= 0.3 is 5.97 Å². The molecule has 0 unspecified atom stereocenters. The Hall–Kier alpha value is -2.21. The van der Waals surface area contributed by atoms with Crippen LogP contribution >= 0.6 is 0 Å². The van der Waals surface area contributed by atoms with Crippen LogP contribution in [0.1, 0.15) is 59.2 Å². The van der Waals surface area contributed by atoms with Crippen molar-refractivity contribution in [1.82, 2.24) is 0 Å².